The van der Waals surface area contributed by atoms with Gasteiger partial charge in [-0.1, -0.05) is 30.7 Å². The Labute approximate surface area is 168 Å². The number of carbonyl (C=O) groups excluding carboxylic acids is 1. The number of halogens is 1. The molecule has 1 atom stereocenters. The summed E-state index contributed by atoms with van der Waals surface area (Å²) in [6, 6.07) is 9.01. The molecule has 0 unspecified atom stereocenters. The second-order valence-corrected chi connectivity index (χ2v) is 8.48. The first kappa shape index (κ1) is 21.6. The number of amides is 1. The molecular weight excluding hydrogens is 406 g/mol. The van der Waals surface area contributed by atoms with Crippen LogP contribution >= 0.6 is 11.6 Å². The average molecular weight is 426 g/mol. The predicted molar refractivity (Wildman–Crippen MR) is 109 cm³/mol. The van der Waals surface area contributed by atoms with Crippen LogP contribution in [0.15, 0.2) is 42.5 Å². The van der Waals surface area contributed by atoms with Crippen molar-refractivity contribution in [3.8, 4) is 0 Å². The number of nitro benzene ring substituents is 1. The van der Waals surface area contributed by atoms with Crippen LogP contribution in [0.3, 0.4) is 0 Å². The van der Waals surface area contributed by atoms with Crippen molar-refractivity contribution in [2.45, 2.75) is 26.3 Å². The summed E-state index contributed by atoms with van der Waals surface area (Å²) in [6.07, 6.45) is 1.10. The molecule has 0 fully saturated rings. The lowest BCUT2D eigenvalue weighted by Crippen LogP contribution is -2.47. The fraction of sp³-hybridized carbons (Fsp3) is 0.278. The van der Waals surface area contributed by atoms with Gasteiger partial charge in [-0.15, -0.1) is 0 Å². The molecule has 1 amide bonds. The quantitative estimate of drug-likeness (QED) is 0.536. The molecule has 0 aliphatic rings. The van der Waals surface area contributed by atoms with E-state index >= 15 is 0 Å². The molecule has 0 saturated carbocycles. The van der Waals surface area contributed by atoms with E-state index in [9.17, 15) is 23.3 Å². The predicted octanol–water partition coefficient (Wildman–Crippen LogP) is 3.74. The SMILES string of the molecule is CC[C@@H](C(=O)Nc1ccc(C)c(Cl)c1)N(c1cccc([N+](=O)[O-])c1)S(C)(=O)=O. The molecule has 2 aromatic carbocycles. The Bertz CT molecular complexity index is 1010. The number of sulfonamides is 1. The topological polar surface area (TPSA) is 110 Å². The molecule has 0 heterocycles. The number of rotatable bonds is 7. The molecule has 2 rings (SSSR count). The number of aryl methyl sites for hydroxylation is 1. The highest BCUT2D eigenvalue weighted by Crippen LogP contribution is 2.27. The summed E-state index contributed by atoms with van der Waals surface area (Å²) in [4.78, 5) is 23.2. The van der Waals surface area contributed by atoms with Crippen molar-refractivity contribution in [3.05, 3.63) is 63.2 Å². The van der Waals surface area contributed by atoms with Gasteiger partial charge in [0, 0.05) is 22.8 Å². The molecule has 0 spiro atoms. The summed E-state index contributed by atoms with van der Waals surface area (Å²) in [6.45, 7) is 3.47. The maximum atomic E-state index is 12.8. The number of carbonyl (C=O) groups is 1. The highest BCUT2D eigenvalue weighted by Gasteiger charge is 2.32. The lowest BCUT2D eigenvalue weighted by molar-refractivity contribution is -0.384. The fourth-order valence-corrected chi connectivity index (χ4v) is 4.08. The van der Waals surface area contributed by atoms with Crippen LogP contribution in [0.25, 0.3) is 0 Å². The van der Waals surface area contributed by atoms with Crippen molar-refractivity contribution in [2.75, 3.05) is 15.9 Å². The molecule has 8 nitrogen and oxygen atoms in total. The van der Waals surface area contributed by atoms with E-state index in [-0.39, 0.29) is 17.8 Å². The van der Waals surface area contributed by atoms with Gasteiger partial charge < -0.3 is 5.32 Å². The second kappa shape index (κ2) is 8.57. The normalized spacial score (nSPS) is 12.3. The molecule has 2 aromatic rings. The number of non-ortho nitro benzene ring substituents is 1. The number of hydrogen-bond acceptors (Lipinski definition) is 5. The summed E-state index contributed by atoms with van der Waals surface area (Å²) < 4.78 is 25.7. The number of benzene rings is 2. The van der Waals surface area contributed by atoms with Crippen LogP contribution in [-0.2, 0) is 14.8 Å². The summed E-state index contributed by atoms with van der Waals surface area (Å²) in [5, 5.41) is 14.2. The first-order valence-corrected chi connectivity index (χ1v) is 10.6. The Kier molecular flexibility index (Phi) is 6.63. The number of nitro groups is 1. The Morgan fingerprint density at radius 1 is 1.29 bits per heavy atom. The third-order valence-corrected chi connectivity index (χ3v) is 5.65. The van der Waals surface area contributed by atoms with Crippen LogP contribution in [0.2, 0.25) is 5.02 Å². The van der Waals surface area contributed by atoms with Gasteiger partial charge in [-0.3, -0.25) is 19.2 Å². The lowest BCUT2D eigenvalue weighted by atomic mass is 10.1. The van der Waals surface area contributed by atoms with Crippen LogP contribution in [0.5, 0.6) is 0 Å². The van der Waals surface area contributed by atoms with E-state index in [4.69, 9.17) is 11.6 Å². The van der Waals surface area contributed by atoms with Crippen LogP contribution in [0, 0.1) is 17.0 Å². The van der Waals surface area contributed by atoms with E-state index < -0.39 is 26.9 Å². The van der Waals surface area contributed by atoms with Gasteiger partial charge in [-0.25, -0.2) is 8.42 Å². The number of nitrogens with zero attached hydrogens (tertiary/aromatic N) is 2. The van der Waals surface area contributed by atoms with Gasteiger partial charge in [0.15, 0.2) is 0 Å². The van der Waals surface area contributed by atoms with E-state index in [0.29, 0.717) is 10.7 Å². The largest absolute Gasteiger partial charge is 0.324 e. The van der Waals surface area contributed by atoms with Gasteiger partial charge >= 0.3 is 0 Å². The van der Waals surface area contributed by atoms with Gasteiger partial charge in [0.05, 0.1) is 16.9 Å². The minimum Gasteiger partial charge on any atom is -0.324 e. The maximum absolute atomic E-state index is 12.8. The third-order valence-electron chi connectivity index (χ3n) is 4.06. The van der Waals surface area contributed by atoms with Crippen molar-refractivity contribution >= 4 is 44.6 Å². The van der Waals surface area contributed by atoms with Gasteiger partial charge in [0.25, 0.3) is 5.69 Å². The number of nitrogens with one attached hydrogen (secondary N) is 1. The highest BCUT2D eigenvalue weighted by atomic mass is 35.5. The molecular formula is C18H20ClN3O5S. The minimum absolute atomic E-state index is 0.0423. The van der Waals surface area contributed by atoms with Gasteiger partial charge in [0.1, 0.15) is 6.04 Å². The molecule has 28 heavy (non-hydrogen) atoms. The fourth-order valence-electron chi connectivity index (χ4n) is 2.70. The zero-order chi connectivity index (χ0) is 21.1. The molecule has 0 bridgehead atoms. The van der Waals surface area contributed by atoms with E-state index in [1.54, 1.807) is 25.1 Å². The molecule has 0 radical (unpaired) electrons. The standard InChI is InChI=1S/C18H20ClN3O5S/c1-4-17(18(23)20-13-9-8-12(2)16(19)10-13)21(28(3,26)27)14-6-5-7-15(11-14)22(24)25/h5-11,17H,4H2,1-3H3,(H,20,23)/t17-/m0/s1. The van der Waals surface area contributed by atoms with Crippen molar-refractivity contribution in [2.24, 2.45) is 0 Å². The lowest BCUT2D eigenvalue weighted by Gasteiger charge is -2.30. The summed E-state index contributed by atoms with van der Waals surface area (Å²) in [5.74, 6) is -0.570. The molecule has 0 saturated heterocycles. The van der Waals surface area contributed by atoms with Gasteiger partial charge in [-0.05, 0) is 37.1 Å². The van der Waals surface area contributed by atoms with Crippen molar-refractivity contribution < 1.29 is 18.1 Å². The first-order valence-electron chi connectivity index (χ1n) is 8.35. The Morgan fingerprint density at radius 3 is 2.50 bits per heavy atom. The van der Waals surface area contributed by atoms with Crippen molar-refractivity contribution in [3.63, 3.8) is 0 Å². The van der Waals surface area contributed by atoms with E-state index in [1.165, 1.54) is 18.2 Å². The van der Waals surface area contributed by atoms with E-state index in [2.05, 4.69) is 5.32 Å². The summed E-state index contributed by atoms with van der Waals surface area (Å²) >= 11 is 6.07. The van der Waals surface area contributed by atoms with E-state index in [1.807, 2.05) is 6.92 Å². The van der Waals surface area contributed by atoms with Gasteiger partial charge in [0.2, 0.25) is 15.9 Å². The molecule has 1 N–H and O–H groups in total. The first-order chi connectivity index (χ1) is 13.0. The summed E-state index contributed by atoms with van der Waals surface area (Å²) in [7, 11) is -3.90. The smallest absolute Gasteiger partial charge is 0.271 e. The Morgan fingerprint density at radius 2 is 1.96 bits per heavy atom. The van der Waals surface area contributed by atoms with Crippen LogP contribution in [0.1, 0.15) is 18.9 Å². The minimum atomic E-state index is -3.90. The maximum Gasteiger partial charge on any atom is 0.271 e. The zero-order valence-electron chi connectivity index (χ0n) is 15.5. The monoisotopic (exact) mass is 425 g/mol. The molecule has 10 heteroatoms. The third kappa shape index (κ3) is 4.99. The number of anilines is 2. The Hall–Kier alpha value is -2.65. The van der Waals surface area contributed by atoms with Crippen molar-refractivity contribution in [1.29, 1.82) is 0 Å². The van der Waals surface area contributed by atoms with E-state index in [0.717, 1.165) is 22.2 Å². The molecule has 150 valence electrons. The average Bonchev–Trinajstić information content (AvgIpc) is 2.61. The zero-order valence-corrected chi connectivity index (χ0v) is 17.1. The van der Waals surface area contributed by atoms with Crippen LogP contribution < -0.4 is 9.62 Å². The number of hydrogen-bond donors (Lipinski definition) is 1. The van der Waals surface area contributed by atoms with Gasteiger partial charge in [-0.2, -0.15) is 0 Å². The van der Waals surface area contributed by atoms with Crippen molar-refractivity contribution in [1.82, 2.24) is 0 Å². The van der Waals surface area contributed by atoms with Crippen LogP contribution in [-0.4, -0.2) is 31.5 Å². The Balaban J connectivity index is 2.42. The van der Waals surface area contributed by atoms with Crippen LogP contribution in [0.4, 0.5) is 17.1 Å². The molecule has 0 aliphatic carbocycles. The highest BCUT2D eigenvalue weighted by molar-refractivity contribution is 7.92. The molecule has 0 aromatic heterocycles. The molecule has 0 aliphatic heterocycles. The second-order valence-electron chi connectivity index (χ2n) is 6.21. The summed E-state index contributed by atoms with van der Waals surface area (Å²) in [5.41, 5.74) is 1.03.